The van der Waals surface area contributed by atoms with Crippen molar-refractivity contribution in [1.82, 2.24) is 14.7 Å². The van der Waals surface area contributed by atoms with Gasteiger partial charge in [-0.1, -0.05) is 12.1 Å². The fraction of sp³-hybridized carbons (Fsp3) is 0.619. The standard InChI is InChI=1S/C21H29N3O4S2/c25-20(23-8-3-4-9-23)15-29-19-6-2-1-5-18(19)21(26)24-12-10-22(11-13-24)17-7-14-30(27,28)16-17/h1-2,5-6,17H,3-4,7-16H2. The van der Waals surface area contributed by atoms with Crippen molar-refractivity contribution >= 4 is 33.4 Å². The van der Waals surface area contributed by atoms with Gasteiger partial charge in [-0.05, 0) is 31.4 Å². The minimum atomic E-state index is -2.90. The van der Waals surface area contributed by atoms with Crippen LogP contribution in [-0.4, -0.2) is 97.5 Å². The molecule has 1 aromatic carbocycles. The molecule has 7 nitrogen and oxygen atoms in total. The number of hydrogen-bond acceptors (Lipinski definition) is 6. The van der Waals surface area contributed by atoms with Crippen LogP contribution in [0.5, 0.6) is 0 Å². The number of rotatable bonds is 5. The Labute approximate surface area is 182 Å². The molecule has 0 bridgehead atoms. The molecule has 1 unspecified atom stereocenters. The first kappa shape index (κ1) is 21.6. The summed E-state index contributed by atoms with van der Waals surface area (Å²) in [5, 5.41) is 0. The second kappa shape index (κ2) is 9.28. The molecule has 0 N–H and O–H groups in total. The average Bonchev–Trinajstić information content (AvgIpc) is 3.41. The van der Waals surface area contributed by atoms with E-state index in [1.807, 2.05) is 34.1 Å². The number of carbonyl (C=O) groups excluding carboxylic acids is 2. The highest BCUT2D eigenvalue weighted by molar-refractivity contribution is 8.00. The molecule has 3 aliphatic rings. The van der Waals surface area contributed by atoms with E-state index in [-0.39, 0.29) is 29.4 Å². The van der Waals surface area contributed by atoms with Crippen LogP contribution < -0.4 is 0 Å². The molecule has 3 fully saturated rings. The van der Waals surface area contributed by atoms with Crippen LogP contribution in [0.4, 0.5) is 0 Å². The summed E-state index contributed by atoms with van der Waals surface area (Å²) in [6, 6.07) is 7.60. The molecule has 0 aliphatic carbocycles. The molecule has 0 radical (unpaired) electrons. The van der Waals surface area contributed by atoms with E-state index in [0.29, 0.717) is 43.9 Å². The zero-order valence-corrected chi connectivity index (χ0v) is 18.8. The predicted octanol–water partition coefficient (Wildman–Crippen LogP) is 1.35. The highest BCUT2D eigenvalue weighted by atomic mass is 32.2. The molecule has 0 saturated carbocycles. The molecule has 3 aliphatic heterocycles. The van der Waals surface area contributed by atoms with Gasteiger partial charge < -0.3 is 9.80 Å². The molecule has 0 spiro atoms. The average molecular weight is 452 g/mol. The van der Waals surface area contributed by atoms with Gasteiger partial charge in [0.05, 0.1) is 22.8 Å². The Morgan fingerprint density at radius 3 is 2.33 bits per heavy atom. The Bertz CT molecular complexity index is 891. The topological polar surface area (TPSA) is 78.0 Å². The van der Waals surface area contributed by atoms with E-state index in [2.05, 4.69) is 4.90 Å². The first-order chi connectivity index (χ1) is 14.4. The van der Waals surface area contributed by atoms with Crippen LogP contribution in [0.2, 0.25) is 0 Å². The van der Waals surface area contributed by atoms with Crippen molar-refractivity contribution in [1.29, 1.82) is 0 Å². The van der Waals surface area contributed by atoms with Crippen LogP contribution in [0.3, 0.4) is 0 Å². The molecule has 164 valence electrons. The van der Waals surface area contributed by atoms with Crippen LogP contribution in [0.25, 0.3) is 0 Å². The summed E-state index contributed by atoms with van der Waals surface area (Å²) in [5.41, 5.74) is 0.647. The lowest BCUT2D eigenvalue weighted by atomic mass is 10.1. The SMILES string of the molecule is O=C(CSc1ccccc1C(=O)N1CCN(C2CCS(=O)(=O)C2)CC1)N1CCCC1. The quantitative estimate of drug-likeness (QED) is 0.629. The summed E-state index contributed by atoms with van der Waals surface area (Å²) in [4.78, 5) is 32.3. The van der Waals surface area contributed by atoms with Crippen molar-refractivity contribution in [2.75, 3.05) is 56.5 Å². The largest absolute Gasteiger partial charge is 0.342 e. The van der Waals surface area contributed by atoms with Crippen molar-refractivity contribution < 1.29 is 18.0 Å². The molecule has 4 rings (SSSR count). The van der Waals surface area contributed by atoms with Crippen molar-refractivity contribution in [2.45, 2.75) is 30.2 Å². The Hall–Kier alpha value is -1.58. The number of benzene rings is 1. The summed E-state index contributed by atoms with van der Waals surface area (Å²) in [7, 11) is -2.90. The van der Waals surface area contributed by atoms with Crippen molar-refractivity contribution in [2.24, 2.45) is 0 Å². The number of nitrogens with zero attached hydrogens (tertiary/aromatic N) is 3. The highest BCUT2D eigenvalue weighted by Gasteiger charge is 2.34. The third-order valence-corrected chi connectivity index (χ3v) is 9.06. The number of thioether (sulfide) groups is 1. The first-order valence-corrected chi connectivity index (χ1v) is 13.5. The van der Waals surface area contributed by atoms with Gasteiger partial charge in [0.25, 0.3) is 5.91 Å². The molecule has 2 amide bonds. The van der Waals surface area contributed by atoms with E-state index in [1.165, 1.54) is 11.8 Å². The van der Waals surface area contributed by atoms with Crippen LogP contribution in [0, 0.1) is 0 Å². The minimum absolute atomic E-state index is 0.00888. The normalized spacial score (nSPS) is 24.3. The predicted molar refractivity (Wildman–Crippen MR) is 118 cm³/mol. The highest BCUT2D eigenvalue weighted by Crippen LogP contribution is 2.26. The molecule has 1 aromatic rings. The Morgan fingerprint density at radius 2 is 1.67 bits per heavy atom. The monoisotopic (exact) mass is 451 g/mol. The lowest BCUT2D eigenvalue weighted by Crippen LogP contribution is -2.52. The van der Waals surface area contributed by atoms with Gasteiger partial charge in [-0.25, -0.2) is 8.42 Å². The first-order valence-electron chi connectivity index (χ1n) is 10.7. The van der Waals surface area contributed by atoms with Gasteiger partial charge in [0.15, 0.2) is 9.84 Å². The molecule has 3 heterocycles. The maximum absolute atomic E-state index is 13.2. The number of likely N-dealkylation sites (tertiary alicyclic amines) is 1. The van der Waals surface area contributed by atoms with Crippen LogP contribution in [0.15, 0.2) is 29.2 Å². The lowest BCUT2D eigenvalue weighted by Gasteiger charge is -2.37. The zero-order chi connectivity index (χ0) is 21.1. The summed E-state index contributed by atoms with van der Waals surface area (Å²) in [5.74, 6) is 1.00. The summed E-state index contributed by atoms with van der Waals surface area (Å²) in [6.45, 7) is 4.28. The molecule has 3 saturated heterocycles. The molecular formula is C21H29N3O4S2. The summed E-state index contributed by atoms with van der Waals surface area (Å²) < 4.78 is 23.5. The minimum Gasteiger partial charge on any atom is -0.342 e. The van der Waals surface area contributed by atoms with E-state index in [4.69, 9.17) is 0 Å². The fourth-order valence-corrected chi connectivity index (χ4v) is 7.20. The van der Waals surface area contributed by atoms with Gasteiger partial charge >= 0.3 is 0 Å². The number of carbonyl (C=O) groups is 2. The van der Waals surface area contributed by atoms with Gasteiger partial charge in [0, 0.05) is 50.2 Å². The maximum Gasteiger partial charge on any atom is 0.255 e. The molecule has 0 aromatic heterocycles. The van der Waals surface area contributed by atoms with Crippen LogP contribution >= 0.6 is 11.8 Å². The van der Waals surface area contributed by atoms with E-state index >= 15 is 0 Å². The lowest BCUT2D eigenvalue weighted by molar-refractivity contribution is -0.127. The van der Waals surface area contributed by atoms with E-state index in [9.17, 15) is 18.0 Å². The van der Waals surface area contributed by atoms with Gasteiger partial charge in [-0.2, -0.15) is 0 Å². The molecule has 30 heavy (non-hydrogen) atoms. The maximum atomic E-state index is 13.2. The number of piperazine rings is 1. The van der Waals surface area contributed by atoms with Gasteiger partial charge in [0.2, 0.25) is 5.91 Å². The zero-order valence-electron chi connectivity index (χ0n) is 17.2. The van der Waals surface area contributed by atoms with E-state index < -0.39 is 9.84 Å². The molecular weight excluding hydrogens is 422 g/mol. The van der Waals surface area contributed by atoms with Crippen LogP contribution in [-0.2, 0) is 14.6 Å². The number of sulfone groups is 1. The second-order valence-corrected chi connectivity index (χ2v) is 11.5. The Balaban J connectivity index is 1.34. The Morgan fingerprint density at radius 1 is 0.967 bits per heavy atom. The van der Waals surface area contributed by atoms with Gasteiger partial charge in [-0.15, -0.1) is 11.8 Å². The van der Waals surface area contributed by atoms with Crippen molar-refractivity contribution in [3.63, 3.8) is 0 Å². The summed E-state index contributed by atoms with van der Waals surface area (Å²) >= 11 is 1.44. The number of hydrogen-bond donors (Lipinski definition) is 0. The van der Waals surface area contributed by atoms with Gasteiger partial charge in [0.1, 0.15) is 0 Å². The third kappa shape index (κ3) is 5.00. The second-order valence-electron chi connectivity index (χ2n) is 8.26. The summed E-state index contributed by atoms with van der Waals surface area (Å²) in [6.07, 6.45) is 2.84. The van der Waals surface area contributed by atoms with E-state index in [0.717, 1.165) is 30.8 Å². The smallest absolute Gasteiger partial charge is 0.255 e. The van der Waals surface area contributed by atoms with Crippen molar-refractivity contribution in [3.05, 3.63) is 29.8 Å². The third-order valence-electron chi connectivity index (χ3n) is 6.25. The number of amides is 2. The molecule has 9 heteroatoms. The Kier molecular flexibility index (Phi) is 6.69. The van der Waals surface area contributed by atoms with Crippen LogP contribution in [0.1, 0.15) is 29.6 Å². The fourth-order valence-electron chi connectivity index (χ4n) is 4.49. The molecule has 1 atom stereocenters. The van der Waals surface area contributed by atoms with Crippen molar-refractivity contribution in [3.8, 4) is 0 Å². The van der Waals surface area contributed by atoms with Gasteiger partial charge in [-0.3, -0.25) is 14.5 Å². The van der Waals surface area contributed by atoms with E-state index in [1.54, 1.807) is 0 Å².